The van der Waals surface area contributed by atoms with E-state index in [0.717, 1.165) is 22.4 Å². The van der Waals surface area contributed by atoms with Gasteiger partial charge in [0.15, 0.2) is 10.9 Å². The highest BCUT2D eigenvalue weighted by Gasteiger charge is 2.06. The van der Waals surface area contributed by atoms with Crippen LogP contribution in [0.25, 0.3) is 11.0 Å². The van der Waals surface area contributed by atoms with E-state index in [1.165, 1.54) is 0 Å². The first kappa shape index (κ1) is 13.5. The molecule has 0 aliphatic rings. The molecule has 0 saturated heterocycles. The maximum Gasteiger partial charge on any atom is 0.187 e. The predicted molar refractivity (Wildman–Crippen MR) is 82.4 cm³/mol. The van der Waals surface area contributed by atoms with Gasteiger partial charge < -0.3 is 9.73 Å². The van der Waals surface area contributed by atoms with Gasteiger partial charge in [-0.1, -0.05) is 18.2 Å². The molecule has 19 heavy (non-hydrogen) atoms. The molecule has 0 spiro atoms. The summed E-state index contributed by atoms with van der Waals surface area (Å²) in [5.74, 6) is 0.737. The zero-order valence-corrected chi connectivity index (χ0v) is 12.0. The number of hydrogen-bond acceptors (Lipinski definition) is 3. The normalized spacial score (nSPS) is 11.9. The summed E-state index contributed by atoms with van der Waals surface area (Å²) in [5, 5.41) is 8.84. The molecule has 4 nitrogen and oxygen atoms in total. The summed E-state index contributed by atoms with van der Waals surface area (Å²) in [6.45, 7) is 5.91. The number of benzene rings is 1. The van der Waals surface area contributed by atoms with Crippen LogP contribution in [0.2, 0.25) is 0 Å². The van der Waals surface area contributed by atoms with Gasteiger partial charge in [-0.2, -0.15) is 5.10 Å². The van der Waals surface area contributed by atoms with E-state index < -0.39 is 0 Å². The Hall–Kier alpha value is -1.88. The molecule has 5 heteroatoms. The van der Waals surface area contributed by atoms with Crippen molar-refractivity contribution < 1.29 is 4.42 Å². The van der Waals surface area contributed by atoms with E-state index >= 15 is 0 Å². The van der Waals surface area contributed by atoms with Crippen LogP contribution >= 0.6 is 12.2 Å². The molecule has 100 valence electrons. The van der Waals surface area contributed by atoms with Crippen LogP contribution in [0, 0.1) is 0 Å². The zero-order chi connectivity index (χ0) is 13.8. The summed E-state index contributed by atoms with van der Waals surface area (Å²) >= 11 is 5.10. The third-order valence-corrected chi connectivity index (χ3v) is 2.74. The first-order chi connectivity index (χ1) is 9.06. The fourth-order valence-electron chi connectivity index (χ4n) is 1.64. The van der Waals surface area contributed by atoms with E-state index in [0.29, 0.717) is 5.11 Å². The number of nitrogens with zero attached hydrogens (tertiary/aromatic N) is 1. The molecule has 1 aromatic heterocycles. The van der Waals surface area contributed by atoms with Crippen molar-refractivity contribution in [2.75, 3.05) is 0 Å². The fourth-order valence-corrected chi connectivity index (χ4v) is 1.93. The molecule has 0 unspecified atom stereocenters. The van der Waals surface area contributed by atoms with Gasteiger partial charge in [-0.3, -0.25) is 5.43 Å². The van der Waals surface area contributed by atoms with Gasteiger partial charge in [0, 0.05) is 11.4 Å². The van der Waals surface area contributed by atoms with Crippen molar-refractivity contribution in [3.8, 4) is 0 Å². The Bertz CT molecular complexity index is 583. The average molecular weight is 275 g/mol. The van der Waals surface area contributed by atoms with Crippen molar-refractivity contribution >= 4 is 34.0 Å². The van der Waals surface area contributed by atoms with E-state index in [4.69, 9.17) is 16.6 Å². The van der Waals surface area contributed by atoms with Crippen LogP contribution in [0.15, 0.2) is 39.9 Å². The van der Waals surface area contributed by atoms with Gasteiger partial charge in [-0.15, -0.1) is 0 Å². The van der Waals surface area contributed by atoms with Gasteiger partial charge in [0.1, 0.15) is 11.3 Å². The van der Waals surface area contributed by atoms with E-state index in [1.807, 2.05) is 51.1 Å². The number of rotatable bonds is 3. The van der Waals surface area contributed by atoms with Gasteiger partial charge in [0.25, 0.3) is 0 Å². The summed E-state index contributed by atoms with van der Waals surface area (Å²) in [6, 6.07) is 10.1. The summed E-state index contributed by atoms with van der Waals surface area (Å²) < 4.78 is 5.71. The van der Waals surface area contributed by atoms with Gasteiger partial charge in [-0.05, 0) is 45.1 Å². The fraction of sp³-hybridized carbons (Fsp3) is 0.286. The smallest absolute Gasteiger partial charge is 0.187 e. The Kier molecular flexibility index (Phi) is 4.16. The highest BCUT2D eigenvalue weighted by atomic mass is 32.1. The van der Waals surface area contributed by atoms with Gasteiger partial charge in [0.05, 0.1) is 0 Å². The molecule has 2 aromatic rings. The number of furan rings is 1. The minimum absolute atomic E-state index is 0.279. The molecule has 0 amide bonds. The zero-order valence-electron chi connectivity index (χ0n) is 11.2. The lowest BCUT2D eigenvalue weighted by atomic mass is 10.2. The van der Waals surface area contributed by atoms with Crippen LogP contribution in [-0.4, -0.2) is 16.9 Å². The first-order valence-electron chi connectivity index (χ1n) is 6.16. The second-order valence-corrected chi connectivity index (χ2v) is 4.99. The van der Waals surface area contributed by atoms with Crippen molar-refractivity contribution in [2.45, 2.75) is 26.8 Å². The lowest BCUT2D eigenvalue weighted by Crippen LogP contribution is -2.37. The van der Waals surface area contributed by atoms with Crippen LogP contribution in [0.5, 0.6) is 0 Å². The highest BCUT2D eigenvalue weighted by Crippen LogP contribution is 2.19. The minimum atomic E-state index is 0.279. The Labute approximate surface area is 117 Å². The molecule has 0 saturated carbocycles. The quantitative estimate of drug-likeness (QED) is 0.513. The minimum Gasteiger partial charge on any atom is -0.455 e. The molecular weight excluding hydrogens is 258 g/mol. The van der Waals surface area contributed by atoms with Crippen LogP contribution in [-0.2, 0) is 0 Å². The van der Waals surface area contributed by atoms with Crippen molar-refractivity contribution in [3.05, 3.63) is 36.1 Å². The molecule has 1 aromatic carbocycles. The molecule has 0 bridgehead atoms. The second-order valence-electron chi connectivity index (χ2n) is 4.59. The number of thiocarbonyl (C=S) groups is 1. The second kappa shape index (κ2) is 5.84. The molecule has 0 atom stereocenters. The Morgan fingerprint density at radius 1 is 1.32 bits per heavy atom. The van der Waals surface area contributed by atoms with Gasteiger partial charge >= 0.3 is 0 Å². The number of hydrogen-bond donors (Lipinski definition) is 2. The van der Waals surface area contributed by atoms with Crippen LogP contribution < -0.4 is 10.7 Å². The Morgan fingerprint density at radius 3 is 2.74 bits per heavy atom. The number of hydrazone groups is 1. The van der Waals surface area contributed by atoms with Crippen LogP contribution in [0.4, 0.5) is 0 Å². The average Bonchev–Trinajstić information content (AvgIpc) is 2.78. The molecule has 1 heterocycles. The first-order valence-corrected chi connectivity index (χ1v) is 6.57. The van der Waals surface area contributed by atoms with Gasteiger partial charge in [0.2, 0.25) is 0 Å². The molecule has 0 fully saturated rings. The SMILES string of the molecule is CC(=NNC(=S)NC(C)C)c1cc2ccccc2o1. The van der Waals surface area contributed by atoms with E-state index in [2.05, 4.69) is 15.8 Å². The number of fused-ring (bicyclic) bond motifs is 1. The molecule has 2 N–H and O–H groups in total. The number of para-hydroxylation sites is 1. The molecule has 0 radical (unpaired) electrons. The maximum absolute atomic E-state index is 5.71. The van der Waals surface area contributed by atoms with Crippen LogP contribution in [0.3, 0.4) is 0 Å². The Morgan fingerprint density at radius 2 is 2.05 bits per heavy atom. The predicted octanol–water partition coefficient (Wildman–Crippen LogP) is 3.03. The van der Waals surface area contributed by atoms with E-state index in [1.54, 1.807) is 0 Å². The maximum atomic E-state index is 5.71. The summed E-state index contributed by atoms with van der Waals surface area (Å²) in [7, 11) is 0. The Balaban J connectivity index is 2.10. The van der Waals surface area contributed by atoms with Crippen molar-refractivity contribution in [1.29, 1.82) is 0 Å². The summed E-state index contributed by atoms with van der Waals surface area (Å²) in [4.78, 5) is 0. The third kappa shape index (κ3) is 3.54. The monoisotopic (exact) mass is 275 g/mol. The number of nitrogens with one attached hydrogen (secondary N) is 2. The third-order valence-electron chi connectivity index (χ3n) is 2.53. The summed E-state index contributed by atoms with van der Waals surface area (Å²) in [5.41, 5.74) is 4.42. The van der Waals surface area contributed by atoms with Gasteiger partial charge in [-0.25, -0.2) is 0 Å². The summed E-state index contributed by atoms with van der Waals surface area (Å²) in [6.07, 6.45) is 0. The van der Waals surface area contributed by atoms with E-state index in [9.17, 15) is 0 Å². The van der Waals surface area contributed by atoms with Crippen molar-refractivity contribution in [3.63, 3.8) is 0 Å². The lowest BCUT2D eigenvalue weighted by Gasteiger charge is -2.09. The van der Waals surface area contributed by atoms with Crippen molar-refractivity contribution in [2.24, 2.45) is 5.10 Å². The van der Waals surface area contributed by atoms with Crippen LogP contribution in [0.1, 0.15) is 26.5 Å². The molecular formula is C14H17N3OS. The largest absolute Gasteiger partial charge is 0.455 e. The molecule has 0 aliphatic carbocycles. The molecule has 2 rings (SSSR count). The van der Waals surface area contributed by atoms with Crippen molar-refractivity contribution in [1.82, 2.24) is 10.7 Å². The molecule has 0 aliphatic heterocycles. The lowest BCUT2D eigenvalue weighted by molar-refractivity contribution is 0.603. The topological polar surface area (TPSA) is 49.6 Å². The van der Waals surface area contributed by atoms with E-state index in [-0.39, 0.29) is 6.04 Å². The highest BCUT2D eigenvalue weighted by molar-refractivity contribution is 7.80. The standard InChI is InChI=1S/C14H17N3OS/c1-9(2)15-14(19)17-16-10(3)13-8-11-6-4-5-7-12(11)18-13/h4-9H,1-3H3,(H2,15,17,19).